The van der Waals surface area contributed by atoms with Gasteiger partial charge >= 0.3 is 5.97 Å². The Labute approximate surface area is 112 Å². The van der Waals surface area contributed by atoms with Gasteiger partial charge in [0.1, 0.15) is 23.6 Å². The van der Waals surface area contributed by atoms with Gasteiger partial charge in [-0.2, -0.15) is 5.10 Å². The van der Waals surface area contributed by atoms with Gasteiger partial charge in [0.15, 0.2) is 0 Å². The molecule has 100 valence electrons. The van der Waals surface area contributed by atoms with E-state index >= 15 is 0 Å². The quantitative estimate of drug-likeness (QED) is 0.885. The minimum atomic E-state index is -1.05. The number of hydrogen-bond donors (Lipinski definition) is 2. The third-order valence-corrected chi connectivity index (χ3v) is 3.72. The van der Waals surface area contributed by atoms with E-state index in [2.05, 4.69) is 15.4 Å². The summed E-state index contributed by atoms with van der Waals surface area (Å²) in [5.74, 6) is -1.39. The van der Waals surface area contributed by atoms with Crippen LogP contribution in [0, 0.1) is 6.92 Å². The molecule has 1 unspecified atom stereocenters. The van der Waals surface area contributed by atoms with E-state index in [1.165, 1.54) is 17.3 Å². The average molecular weight is 280 g/mol. The Morgan fingerprint density at radius 2 is 2.26 bits per heavy atom. The van der Waals surface area contributed by atoms with E-state index in [9.17, 15) is 9.59 Å². The second-order valence-electron chi connectivity index (χ2n) is 3.97. The summed E-state index contributed by atoms with van der Waals surface area (Å²) in [4.78, 5) is 27.0. The van der Waals surface area contributed by atoms with Crippen molar-refractivity contribution in [1.29, 1.82) is 0 Å². The molecule has 7 nitrogen and oxygen atoms in total. The number of carboxylic acid groups (broad SMARTS) is 1. The van der Waals surface area contributed by atoms with Crippen molar-refractivity contribution in [2.45, 2.75) is 19.9 Å². The zero-order valence-electron chi connectivity index (χ0n) is 10.3. The van der Waals surface area contributed by atoms with E-state index < -0.39 is 12.0 Å². The predicted molar refractivity (Wildman–Crippen MR) is 69.4 cm³/mol. The van der Waals surface area contributed by atoms with Crippen LogP contribution in [0.2, 0.25) is 0 Å². The van der Waals surface area contributed by atoms with E-state index in [-0.39, 0.29) is 10.8 Å². The van der Waals surface area contributed by atoms with Crippen molar-refractivity contribution in [3.05, 3.63) is 28.5 Å². The van der Waals surface area contributed by atoms with Crippen LogP contribution in [0.5, 0.6) is 0 Å². The third kappa shape index (κ3) is 2.63. The number of rotatable bonds is 4. The lowest BCUT2D eigenvalue weighted by molar-refractivity contribution is -0.119. The maximum Gasteiger partial charge on any atom is 0.348 e. The summed E-state index contributed by atoms with van der Waals surface area (Å²) in [6.07, 6.45) is 2.77. The molecule has 0 aromatic carbocycles. The SMILES string of the molecule is Cc1csc(C(=O)O)c1NC(=O)C(C)n1cncn1. The maximum atomic E-state index is 12.0. The van der Waals surface area contributed by atoms with Crippen LogP contribution in [0.3, 0.4) is 0 Å². The number of carbonyl (C=O) groups is 2. The molecule has 1 atom stereocenters. The summed E-state index contributed by atoms with van der Waals surface area (Å²) < 4.78 is 1.40. The van der Waals surface area contributed by atoms with Crippen molar-refractivity contribution in [2.24, 2.45) is 0 Å². The van der Waals surface area contributed by atoms with Gasteiger partial charge in [0.25, 0.3) is 0 Å². The molecule has 0 aliphatic carbocycles. The van der Waals surface area contributed by atoms with Gasteiger partial charge in [-0.15, -0.1) is 11.3 Å². The van der Waals surface area contributed by atoms with Crippen LogP contribution in [0.15, 0.2) is 18.0 Å². The number of thiophene rings is 1. The van der Waals surface area contributed by atoms with Crippen molar-refractivity contribution in [3.8, 4) is 0 Å². The molecule has 0 spiro atoms. The van der Waals surface area contributed by atoms with E-state index in [1.54, 1.807) is 19.2 Å². The Morgan fingerprint density at radius 1 is 1.53 bits per heavy atom. The van der Waals surface area contributed by atoms with Gasteiger partial charge < -0.3 is 10.4 Å². The molecule has 0 saturated heterocycles. The Morgan fingerprint density at radius 3 is 2.84 bits per heavy atom. The van der Waals surface area contributed by atoms with Crippen molar-refractivity contribution in [3.63, 3.8) is 0 Å². The van der Waals surface area contributed by atoms with Crippen molar-refractivity contribution in [1.82, 2.24) is 14.8 Å². The topological polar surface area (TPSA) is 97.1 Å². The first-order chi connectivity index (χ1) is 9.00. The Kier molecular flexibility index (Phi) is 3.61. The molecular weight excluding hydrogens is 268 g/mol. The zero-order valence-corrected chi connectivity index (χ0v) is 11.1. The zero-order chi connectivity index (χ0) is 14.0. The standard InChI is InChI=1S/C11H12N4O3S/c1-6-3-19-9(11(17)18)8(6)14-10(16)7(2)15-5-12-4-13-15/h3-5,7H,1-2H3,(H,14,16)(H,17,18). The first kappa shape index (κ1) is 13.2. The number of nitrogens with one attached hydrogen (secondary N) is 1. The van der Waals surface area contributed by atoms with Gasteiger partial charge in [0, 0.05) is 0 Å². The molecule has 2 heterocycles. The van der Waals surface area contributed by atoms with E-state index in [1.807, 2.05) is 0 Å². The average Bonchev–Trinajstić information content (AvgIpc) is 2.99. The minimum absolute atomic E-state index is 0.122. The molecule has 0 aliphatic heterocycles. The second-order valence-corrected chi connectivity index (χ2v) is 4.85. The number of anilines is 1. The first-order valence-corrected chi connectivity index (χ1v) is 6.35. The lowest BCUT2D eigenvalue weighted by atomic mass is 10.2. The van der Waals surface area contributed by atoms with Crippen LogP contribution >= 0.6 is 11.3 Å². The number of nitrogens with zero attached hydrogens (tertiary/aromatic N) is 3. The van der Waals surface area contributed by atoms with E-state index in [0.717, 1.165) is 16.9 Å². The Balaban J connectivity index is 2.20. The fraction of sp³-hybridized carbons (Fsp3) is 0.273. The number of aromatic nitrogens is 3. The van der Waals surface area contributed by atoms with Gasteiger partial charge in [-0.25, -0.2) is 14.5 Å². The first-order valence-electron chi connectivity index (χ1n) is 5.47. The molecule has 2 rings (SSSR count). The summed E-state index contributed by atoms with van der Waals surface area (Å²) >= 11 is 1.09. The molecule has 19 heavy (non-hydrogen) atoms. The normalized spacial score (nSPS) is 12.1. The molecule has 2 N–H and O–H groups in total. The highest BCUT2D eigenvalue weighted by molar-refractivity contribution is 7.12. The van der Waals surface area contributed by atoms with Gasteiger partial charge in [0.05, 0.1) is 5.69 Å². The Hall–Kier alpha value is -2.22. The lowest BCUT2D eigenvalue weighted by Crippen LogP contribution is -2.24. The molecule has 8 heteroatoms. The summed E-state index contributed by atoms with van der Waals surface area (Å²) in [6.45, 7) is 3.41. The molecule has 0 aliphatic rings. The number of carboxylic acids is 1. The summed E-state index contributed by atoms with van der Waals surface area (Å²) in [7, 11) is 0. The van der Waals surface area contributed by atoms with Gasteiger partial charge in [-0.05, 0) is 24.8 Å². The van der Waals surface area contributed by atoms with Crippen molar-refractivity contribution >= 4 is 28.9 Å². The van der Waals surface area contributed by atoms with Gasteiger partial charge in [0.2, 0.25) is 5.91 Å². The predicted octanol–water partition coefficient (Wildman–Crippen LogP) is 1.55. The summed E-state index contributed by atoms with van der Waals surface area (Å²) in [6, 6.07) is -0.566. The largest absolute Gasteiger partial charge is 0.477 e. The molecule has 0 fully saturated rings. The smallest absolute Gasteiger partial charge is 0.348 e. The van der Waals surface area contributed by atoms with Crippen molar-refractivity contribution < 1.29 is 14.7 Å². The summed E-state index contributed by atoms with van der Waals surface area (Å²) in [5.41, 5.74) is 1.07. The number of carbonyl (C=O) groups excluding carboxylic acids is 1. The monoisotopic (exact) mass is 280 g/mol. The molecular formula is C11H12N4O3S. The fourth-order valence-corrected chi connectivity index (χ4v) is 2.37. The molecule has 0 saturated carbocycles. The van der Waals surface area contributed by atoms with Crippen molar-refractivity contribution in [2.75, 3.05) is 5.32 Å². The van der Waals surface area contributed by atoms with Crippen LogP contribution in [0.25, 0.3) is 0 Å². The maximum absolute atomic E-state index is 12.0. The van der Waals surface area contributed by atoms with Crippen LogP contribution in [0.4, 0.5) is 5.69 Å². The van der Waals surface area contributed by atoms with E-state index in [4.69, 9.17) is 5.11 Å². The molecule has 0 bridgehead atoms. The van der Waals surface area contributed by atoms with Gasteiger partial charge in [-0.1, -0.05) is 0 Å². The Bertz CT molecular complexity index is 605. The van der Waals surface area contributed by atoms with Crippen LogP contribution < -0.4 is 5.32 Å². The van der Waals surface area contributed by atoms with Crippen LogP contribution in [0.1, 0.15) is 28.2 Å². The molecule has 1 amide bonds. The minimum Gasteiger partial charge on any atom is -0.477 e. The van der Waals surface area contributed by atoms with Crippen LogP contribution in [-0.2, 0) is 4.79 Å². The third-order valence-electron chi connectivity index (χ3n) is 2.63. The summed E-state index contributed by atoms with van der Waals surface area (Å²) in [5, 5.41) is 17.2. The number of aromatic carboxylic acids is 1. The highest BCUT2D eigenvalue weighted by Crippen LogP contribution is 2.28. The second kappa shape index (κ2) is 5.19. The number of aryl methyl sites for hydroxylation is 1. The molecule has 0 radical (unpaired) electrons. The number of hydrogen-bond acceptors (Lipinski definition) is 5. The van der Waals surface area contributed by atoms with E-state index in [0.29, 0.717) is 5.69 Å². The molecule has 2 aromatic rings. The highest BCUT2D eigenvalue weighted by atomic mass is 32.1. The lowest BCUT2D eigenvalue weighted by Gasteiger charge is -2.12. The fourth-order valence-electron chi connectivity index (χ4n) is 1.52. The molecule has 2 aromatic heterocycles. The van der Waals surface area contributed by atoms with Crippen LogP contribution in [-0.4, -0.2) is 31.7 Å². The highest BCUT2D eigenvalue weighted by Gasteiger charge is 2.21. The van der Waals surface area contributed by atoms with Gasteiger partial charge in [-0.3, -0.25) is 4.79 Å². The number of amides is 1.